The number of halogens is 1. The molecule has 1 amide bonds. The van der Waals surface area contributed by atoms with Gasteiger partial charge in [0.15, 0.2) is 12.7 Å². The third kappa shape index (κ3) is 5.51. The Morgan fingerprint density at radius 2 is 1.92 bits per heavy atom. The molecular formula is C18H24FNO4. The lowest BCUT2D eigenvalue weighted by Crippen LogP contribution is -2.43. The summed E-state index contributed by atoms with van der Waals surface area (Å²) < 4.78 is 23.2. The predicted octanol–water partition coefficient (Wildman–Crippen LogP) is 2.83. The van der Waals surface area contributed by atoms with Crippen molar-refractivity contribution < 1.29 is 23.5 Å². The van der Waals surface area contributed by atoms with E-state index in [-0.39, 0.29) is 24.4 Å². The summed E-state index contributed by atoms with van der Waals surface area (Å²) in [5.74, 6) is -0.506. The van der Waals surface area contributed by atoms with Gasteiger partial charge in [-0.25, -0.2) is 9.18 Å². The zero-order chi connectivity index (χ0) is 17.5. The molecule has 1 saturated carbocycles. The van der Waals surface area contributed by atoms with Crippen molar-refractivity contribution in [1.29, 1.82) is 0 Å². The fourth-order valence-electron chi connectivity index (χ4n) is 2.80. The minimum Gasteiger partial charge on any atom is -0.479 e. The van der Waals surface area contributed by atoms with Crippen LogP contribution in [0.3, 0.4) is 0 Å². The molecule has 6 heteroatoms. The first-order valence-corrected chi connectivity index (χ1v) is 8.34. The molecule has 5 nitrogen and oxygen atoms in total. The first kappa shape index (κ1) is 18.2. The summed E-state index contributed by atoms with van der Waals surface area (Å²) in [7, 11) is 0. The van der Waals surface area contributed by atoms with Gasteiger partial charge in [-0.15, -0.1) is 0 Å². The number of carbonyl (C=O) groups is 2. The maximum absolute atomic E-state index is 12.8. The SMILES string of the molecule is C[C@@H](Oc1ccc(F)cc1)C(=O)OCC(=O)N[C@H]1CCCC[C@@H]1C. The average molecular weight is 337 g/mol. The van der Waals surface area contributed by atoms with Gasteiger partial charge in [-0.1, -0.05) is 19.8 Å². The number of hydrogen-bond acceptors (Lipinski definition) is 4. The summed E-state index contributed by atoms with van der Waals surface area (Å²) in [6.45, 7) is 3.32. The van der Waals surface area contributed by atoms with Gasteiger partial charge in [0.2, 0.25) is 0 Å². The lowest BCUT2D eigenvalue weighted by molar-refractivity contribution is -0.155. The summed E-state index contributed by atoms with van der Waals surface area (Å²) in [6, 6.07) is 5.49. The molecule has 0 bridgehead atoms. The molecular weight excluding hydrogens is 313 g/mol. The molecule has 0 aliphatic heterocycles. The van der Waals surface area contributed by atoms with E-state index in [1.165, 1.54) is 37.6 Å². The Morgan fingerprint density at radius 1 is 1.25 bits per heavy atom. The Morgan fingerprint density at radius 3 is 2.58 bits per heavy atom. The molecule has 0 heterocycles. The van der Waals surface area contributed by atoms with Gasteiger partial charge in [0, 0.05) is 6.04 Å². The maximum atomic E-state index is 12.8. The van der Waals surface area contributed by atoms with Crippen molar-refractivity contribution in [2.45, 2.75) is 51.7 Å². The molecule has 1 fully saturated rings. The molecule has 0 unspecified atom stereocenters. The quantitative estimate of drug-likeness (QED) is 0.811. The van der Waals surface area contributed by atoms with Gasteiger partial charge in [0.25, 0.3) is 5.91 Å². The van der Waals surface area contributed by atoms with Crippen molar-refractivity contribution in [2.24, 2.45) is 5.92 Å². The van der Waals surface area contributed by atoms with Gasteiger partial charge < -0.3 is 14.8 Å². The molecule has 0 radical (unpaired) electrons. The lowest BCUT2D eigenvalue weighted by Gasteiger charge is -2.29. The minimum absolute atomic E-state index is 0.151. The van der Waals surface area contributed by atoms with Crippen LogP contribution in [0, 0.1) is 11.7 Å². The van der Waals surface area contributed by atoms with Gasteiger partial charge >= 0.3 is 5.97 Å². The fourth-order valence-corrected chi connectivity index (χ4v) is 2.80. The summed E-state index contributed by atoms with van der Waals surface area (Å²) >= 11 is 0. The van der Waals surface area contributed by atoms with Crippen molar-refractivity contribution in [3.05, 3.63) is 30.1 Å². The number of benzene rings is 1. The Bertz CT molecular complexity index is 561. The van der Waals surface area contributed by atoms with E-state index in [4.69, 9.17) is 9.47 Å². The monoisotopic (exact) mass is 337 g/mol. The highest BCUT2D eigenvalue weighted by Gasteiger charge is 2.24. The Labute approximate surface area is 141 Å². The van der Waals surface area contributed by atoms with Crippen LogP contribution in [0.25, 0.3) is 0 Å². The Balaban J connectivity index is 1.73. The van der Waals surface area contributed by atoms with E-state index >= 15 is 0 Å². The largest absolute Gasteiger partial charge is 0.479 e. The van der Waals surface area contributed by atoms with Crippen molar-refractivity contribution >= 4 is 11.9 Å². The molecule has 1 aromatic carbocycles. The van der Waals surface area contributed by atoms with Crippen LogP contribution >= 0.6 is 0 Å². The zero-order valence-corrected chi connectivity index (χ0v) is 14.1. The molecule has 1 aliphatic carbocycles. The van der Waals surface area contributed by atoms with Gasteiger partial charge in [-0.2, -0.15) is 0 Å². The van der Waals surface area contributed by atoms with Crippen LogP contribution in [0.4, 0.5) is 4.39 Å². The fraction of sp³-hybridized carbons (Fsp3) is 0.556. The van der Waals surface area contributed by atoms with E-state index in [1.807, 2.05) is 0 Å². The molecule has 0 spiro atoms. The van der Waals surface area contributed by atoms with Crippen LogP contribution in [0.5, 0.6) is 5.75 Å². The molecule has 2 rings (SSSR count). The highest BCUT2D eigenvalue weighted by molar-refractivity contribution is 5.82. The van der Waals surface area contributed by atoms with E-state index in [1.54, 1.807) is 0 Å². The van der Waals surface area contributed by atoms with Gasteiger partial charge in [0.05, 0.1) is 0 Å². The van der Waals surface area contributed by atoms with E-state index in [9.17, 15) is 14.0 Å². The summed E-state index contributed by atoms with van der Waals surface area (Å²) in [6.07, 6.45) is 3.49. The van der Waals surface area contributed by atoms with E-state index < -0.39 is 12.1 Å². The second-order valence-corrected chi connectivity index (χ2v) is 6.26. The Kier molecular flexibility index (Phi) is 6.58. The molecule has 3 atom stereocenters. The number of amides is 1. The molecule has 1 N–H and O–H groups in total. The van der Waals surface area contributed by atoms with Crippen molar-refractivity contribution in [1.82, 2.24) is 5.32 Å². The minimum atomic E-state index is -0.878. The molecule has 1 aliphatic rings. The van der Waals surface area contributed by atoms with Crippen LogP contribution in [-0.4, -0.2) is 30.6 Å². The first-order valence-electron chi connectivity index (χ1n) is 8.34. The van der Waals surface area contributed by atoms with E-state index in [2.05, 4.69) is 12.2 Å². The van der Waals surface area contributed by atoms with Crippen LogP contribution < -0.4 is 10.1 Å². The lowest BCUT2D eigenvalue weighted by atomic mass is 9.86. The number of ether oxygens (including phenoxy) is 2. The highest BCUT2D eigenvalue weighted by Crippen LogP contribution is 2.23. The predicted molar refractivity (Wildman–Crippen MR) is 87.0 cm³/mol. The van der Waals surface area contributed by atoms with E-state index in [0.717, 1.165) is 19.3 Å². The Hall–Kier alpha value is -2.11. The summed E-state index contributed by atoms with van der Waals surface area (Å²) in [5, 5.41) is 2.92. The smallest absolute Gasteiger partial charge is 0.347 e. The van der Waals surface area contributed by atoms with Crippen molar-refractivity contribution in [3.63, 3.8) is 0 Å². The second kappa shape index (κ2) is 8.66. The maximum Gasteiger partial charge on any atom is 0.347 e. The third-order valence-corrected chi connectivity index (χ3v) is 4.26. The number of hydrogen-bond donors (Lipinski definition) is 1. The standard InChI is InChI=1S/C18H24FNO4/c1-12-5-3-4-6-16(12)20-17(21)11-23-18(22)13(2)24-15-9-7-14(19)8-10-15/h7-10,12-13,16H,3-6,11H2,1-2H3,(H,20,21)/t12-,13+,16-/m0/s1. The van der Waals surface area contributed by atoms with Crippen molar-refractivity contribution in [3.8, 4) is 5.75 Å². The van der Waals surface area contributed by atoms with Crippen molar-refractivity contribution in [2.75, 3.05) is 6.61 Å². The normalized spacial score (nSPS) is 21.6. The summed E-state index contributed by atoms with van der Waals surface area (Å²) in [5.41, 5.74) is 0. The van der Waals surface area contributed by atoms with Crippen LogP contribution in [-0.2, 0) is 14.3 Å². The van der Waals surface area contributed by atoms with Crippen LogP contribution in [0.1, 0.15) is 39.5 Å². The van der Waals surface area contributed by atoms with Gasteiger partial charge in [0.1, 0.15) is 11.6 Å². The number of esters is 1. The number of carbonyl (C=O) groups excluding carboxylic acids is 2. The third-order valence-electron chi connectivity index (χ3n) is 4.26. The van der Waals surface area contributed by atoms with Gasteiger partial charge in [-0.05, 0) is 49.9 Å². The summed E-state index contributed by atoms with van der Waals surface area (Å²) in [4.78, 5) is 23.8. The van der Waals surface area contributed by atoms with Crippen LogP contribution in [0.15, 0.2) is 24.3 Å². The highest BCUT2D eigenvalue weighted by atomic mass is 19.1. The average Bonchev–Trinajstić information content (AvgIpc) is 2.57. The molecule has 24 heavy (non-hydrogen) atoms. The molecule has 0 aromatic heterocycles. The molecule has 132 valence electrons. The van der Waals surface area contributed by atoms with Crippen LogP contribution in [0.2, 0.25) is 0 Å². The van der Waals surface area contributed by atoms with E-state index in [0.29, 0.717) is 11.7 Å². The van der Waals surface area contributed by atoms with Gasteiger partial charge in [-0.3, -0.25) is 4.79 Å². The molecule has 1 aromatic rings. The topological polar surface area (TPSA) is 64.6 Å². The number of nitrogens with one attached hydrogen (secondary N) is 1. The zero-order valence-electron chi connectivity index (χ0n) is 14.1. The second-order valence-electron chi connectivity index (χ2n) is 6.26. The number of rotatable bonds is 6. The molecule has 0 saturated heterocycles. The first-order chi connectivity index (χ1) is 11.5.